The van der Waals surface area contributed by atoms with E-state index >= 15 is 0 Å². The smallest absolute Gasteiger partial charge is 0.417 e. The molecular formula is C17H12F3N3O2. The van der Waals surface area contributed by atoms with E-state index in [2.05, 4.69) is 15.5 Å². The average molecular weight is 347 g/mol. The van der Waals surface area contributed by atoms with Crippen LogP contribution in [-0.2, 0) is 12.6 Å². The fourth-order valence-electron chi connectivity index (χ4n) is 2.20. The molecule has 0 bridgehead atoms. The zero-order valence-electron chi connectivity index (χ0n) is 12.7. The summed E-state index contributed by atoms with van der Waals surface area (Å²) in [5.74, 6) is -1.10. The maximum absolute atomic E-state index is 12.9. The zero-order chi connectivity index (χ0) is 17.9. The Morgan fingerprint density at radius 3 is 2.40 bits per heavy atom. The van der Waals surface area contributed by atoms with Gasteiger partial charge in [-0.1, -0.05) is 42.5 Å². The maximum atomic E-state index is 12.9. The number of aromatic nitrogens is 2. The molecule has 0 aliphatic carbocycles. The summed E-state index contributed by atoms with van der Waals surface area (Å²) in [5.41, 5.74) is -0.421. The lowest BCUT2D eigenvalue weighted by Gasteiger charge is -2.12. The van der Waals surface area contributed by atoms with Gasteiger partial charge < -0.3 is 9.73 Å². The summed E-state index contributed by atoms with van der Waals surface area (Å²) in [6.45, 7) is 0. The molecule has 0 radical (unpaired) electrons. The minimum atomic E-state index is -4.59. The SMILES string of the molecule is O=C(Nc1ccccc1C(F)(F)F)c1nnc(Cc2ccccc2)o1. The van der Waals surface area contributed by atoms with Crippen molar-refractivity contribution in [1.82, 2.24) is 10.2 Å². The Labute approximate surface area is 140 Å². The first-order chi connectivity index (χ1) is 11.9. The van der Waals surface area contributed by atoms with E-state index in [0.717, 1.165) is 17.7 Å². The third-order valence-corrected chi connectivity index (χ3v) is 3.34. The van der Waals surface area contributed by atoms with Gasteiger partial charge in [-0.15, -0.1) is 10.2 Å². The zero-order valence-corrected chi connectivity index (χ0v) is 12.7. The van der Waals surface area contributed by atoms with Gasteiger partial charge >= 0.3 is 18.0 Å². The van der Waals surface area contributed by atoms with E-state index in [4.69, 9.17) is 4.42 Å². The Balaban J connectivity index is 1.75. The third kappa shape index (κ3) is 4.03. The average Bonchev–Trinajstić information content (AvgIpc) is 3.04. The number of carbonyl (C=O) groups excluding carboxylic acids is 1. The van der Waals surface area contributed by atoms with E-state index in [1.54, 1.807) is 0 Å². The number of nitrogens with zero attached hydrogens (tertiary/aromatic N) is 2. The molecular weight excluding hydrogens is 335 g/mol. The van der Waals surface area contributed by atoms with Crippen LogP contribution in [0.25, 0.3) is 0 Å². The summed E-state index contributed by atoms with van der Waals surface area (Å²) in [5, 5.41) is 9.49. The minimum absolute atomic E-state index is 0.195. The van der Waals surface area contributed by atoms with Crippen LogP contribution in [0.1, 0.15) is 27.7 Å². The van der Waals surface area contributed by atoms with Crippen LogP contribution in [0.5, 0.6) is 0 Å². The van der Waals surface area contributed by atoms with E-state index in [9.17, 15) is 18.0 Å². The largest absolute Gasteiger partial charge is 0.418 e. The number of alkyl halides is 3. The van der Waals surface area contributed by atoms with E-state index in [-0.39, 0.29) is 11.6 Å². The molecule has 0 spiro atoms. The van der Waals surface area contributed by atoms with Crippen LogP contribution in [-0.4, -0.2) is 16.1 Å². The summed E-state index contributed by atoms with van der Waals surface area (Å²) < 4.78 is 44.1. The molecule has 0 aliphatic rings. The highest BCUT2D eigenvalue weighted by atomic mass is 19.4. The molecule has 3 rings (SSSR count). The molecule has 0 unspecified atom stereocenters. The standard InChI is InChI=1S/C17H12F3N3O2/c18-17(19,20)12-8-4-5-9-13(12)21-15(24)16-23-22-14(25-16)10-11-6-2-1-3-7-11/h1-9H,10H2,(H,21,24). The molecule has 0 saturated heterocycles. The summed E-state index contributed by atoms with van der Waals surface area (Å²) in [6.07, 6.45) is -4.27. The van der Waals surface area contributed by atoms with Gasteiger partial charge in [-0.2, -0.15) is 13.2 Å². The number of carbonyl (C=O) groups is 1. The number of benzene rings is 2. The fourth-order valence-corrected chi connectivity index (χ4v) is 2.20. The van der Waals surface area contributed by atoms with Crippen molar-refractivity contribution < 1.29 is 22.4 Å². The topological polar surface area (TPSA) is 68.0 Å². The Bertz CT molecular complexity index is 876. The molecule has 1 heterocycles. The molecule has 25 heavy (non-hydrogen) atoms. The van der Waals surface area contributed by atoms with Crippen LogP contribution < -0.4 is 5.32 Å². The monoisotopic (exact) mass is 347 g/mol. The minimum Gasteiger partial charge on any atom is -0.417 e. The molecule has 3 aromatic rings. The van der Waals surface area contributed by atoms with Gasteiger partial charge in [0.1, 0.15) is 0 Å². The van der Waals surface area contributed by atoms with Gasteiger partial charge in [0.05, 0.1) is 17.7 Å². The van der Waals surface area contributed by atoms with Crippen molar-refractivity contribution in [3.05, 3.63) is 77.5 Å². The second-order valence-corrected chi connectivity index (χ2v) is 5.16. The maximum Gasteiger partial charge on any atom is 0.418 e. The van der Waals surface area contributed by atoms with E-state index in [0.29, 0.717) is 6.42 Å². The quantitative estimate of drug-likeness (QED) is 0.776. The van der Waals surface area contributed by atoms with Crippen molar-refractivity contribution >= 4 is 11.6 Å². The number of anilines is 1. The molecule has 128 valence electrons. The van der Waals surface area contributed by atoms with Crippen LogP contribution in [0.15, 0.2) is 59.0 Å². The molecule has 2 aromatic carbocycles. The van der Waals surface area contributed by atoms with Gasteiger partial charge in [0, 0.05) is 0 Å². The second kappa shape index (κ2) is 6.76. The Kier molecular flexibility index (Phi) is 4.51. The Morgan fingerprint density at radius 1 is 1.00 bits per heavy atom. The molecule has 0 aliphatic heterocycles. The Hall–Kier alpha value is -3.16. The van der Waals surface area contributed by atoms with Gasteiger partial charge in [-0.25, -0.2) is 0 Å². The van der Waals surface area contributed by atoms with E-state index in [1.807, 2.05) is 30.3 Å². The normalized spacial score (nSPS) is 11.3. The molecule has 0 saturated carbocycles. The van der Waals surface area contributed by atoms with Crippen LogP contribution in [0.4, 0.5) is 18.9 Å². The summed E-state index contributed by atoms with van der Waals surface area (Å²) >= 11 is 0. The summed E-state index contributed by atoms with van der Waals surface area (Å²) in [6, 6.07) is 13.9. The molecule has 5 nitrogen and oxygen atoms in total. The summed E-state index contributed by atoms with van der Waals surface area (Å²) in [7, 11) is 0. The summed E-state index contributed by atoms with van der Waals surface area (Å²) in [4.78, 5) is 12.1. The van der Waals surface area contributed by atoms with Crippen LogP contribution in [0, 0.1) is 0 Å². The lowest BCUT2D eigenvalue weighted by atomic mass is 10.1. The molecule has 8 heteroatoms. The van der Waals surface area contributed by atoms with E-state index in [1.165, 1.54) is 12.1 Å². The first kappa shape index (κ1) is 16.7. The lowest BCUT2D eigenvalue weighted by molar-refractivity contribution is -0.136. The highest BCUT2D eigenvalue weighted by molar-refractivity contribution is 6.01. The predicted octanol–water partition coefficient (Wildman–Crippen LogP) is 3.93. The lowest BCUT2D eigenvalue weighted by Crippen LogP contribution is -2.16. The highest BCUT2D eigenvalue weighted by Crippen LogP contribution is 2.34. The number of halogens is 3. The van der Waals surface area contributed by atoms with Crippen LogP contribution in [0.3, 0.4) is 0 Å². The van der Waals surface area contributed by atoms with Gasteiger partial charge in [0.2, 0.25) is 5.89 Å². The third-order valence-electron chi connectivity index (χ3n) is 3.34. The van der Waals surface area contributed by atoms with Gasteiger partial charge in [0.25, 0.3) is 0 Å². The molecule has 1 aromatic heterocycles. The van der Waals surface area contributed by atoms with Gasteiger partial charge in [-0.05, 0) is 17.7 Å². The second-order valence-electron chi connectivity index (χ2n) is 5.16. The van der Waals surface area contributed by atoms with Gasteiger partial charge in [0.15, 0.2) is 0 Å². The Morgan fingerprint density at radius 2 is 1.68 bits per heavy atom. The number of amides is 1. The van der Waals surface area contributed by atoms with Gasteiger partial charge in [-0.3, -0.25) is 4.79 Å². The number of rotatable bonds is 4. The van der Waals surface area contributed by atoms with Crippen molar-refractivity contribution in [2.24, 2.45) is 0 Å². The van der Waals surface area contributed by atoms with Crippen molar-refractivity contribution in [2.45, 2.75) is 12.6 Å². The first-order valence-electron chi connectivity index (χ1n) is 7.27. The van der Waals surface area contributed by atoms with Crippen molar-refractivity contribution in [3.63, 3.8) is 0 Å². The highest BCUT2D eigenvalue weighted by Gasteiger charge is 2.34. The number of para-hydroxylation sites is 1. The van der Waals surface area contributed by atoms with Crippen molar-refractivity contribution in [3.8, 4) is 0 Å². The first-order valence-corrected chi connectivity index (χ1v) is 7.27. The van der Waals surface area contributed by atoms with Crippen molar-refractivity contribution in [1.29, 1.82) is 0 Å². The molecule has 0 fully saturated rings. The van der Waals surface area contributed by atoms with Crippen LogP contribution in [0.2, 0.25) is 0 Å². The molecule has 0 atom stereocenters. The number of hydrogen-bond donors (Lipinski definition) is 1. The van der Waals surface area contributed by atoms with E-state index < -0.39 is 23.5 Å². The van der Waals surface area contributed by atoms with Crippen molar-refractivity contribution in [2.75, 3.05) is 5.32 Å². The number of nitrogens with one attached hydrogen (secondary N) is 1. The molecule has 1 amide bonds. The van der Waals surface area contributed by atoms with Crippen LogP contribution >= 0.6 is 0 Å². The predicted molar refractivity (Wildman–Crippen MR) is 82.9 cm³/mol. The number of hydrogen-bond acceptors (Lipinski definition) is 4. The fraction of sp³-hybridized carbons (Fsp3) is 0.118. The molecule has 1 N–H and O–H groups in total.